The summed E-state index contributed by atoms with van der Waals surface area (Å²) in [6.07, 6.45) is 0. The van der Waals surface area contributed by atoms with E-state index in [1.807, 2.05) is 30.3 Å². The quantitative estimate of drug-likeness (QED) is 0.301. The number of para-hydroxylation sites is 3. The third-order valence-electron chi connectivity index (χ3n) is 6.33. The van der Waals surface area contributed by atoms with E-state index in [2.05, 4.69) is 22.0 Å². The predicted octanol–water partition coefficient (Wildman–Crippen LogP) is 5.19. The number of nitriles is 1. The Morgan fingerprint density at radius 2 is 1.59 bits per heavy atom. The number of hydrogen-bond donors (Lipinski definition) is 3. The minimum atomic E-state index is -0.678. The first-order valence-electron chi connectivity index (χ1n) is 12.6. The number of amides is 2. The first-order chi connectivity index (χ1) is 19.9. The van der Waals surface area contributed by atoms with Crippen LogP contribution in [0.1, 0.15) is 28.8 Å². The van der Waals surface area contributed by atoms with Gasteiger partial charge in [0.2, 0.25) is 5.91 Å². The van der Waals surface area contributed by atoms with Gasteiger partial charge in [0.05, 0.1) is 59.5 Å². The zero-order valence-corrected chi connectivity index (χ0v) is 23.5. The Morgan fingerprint density at radius 1 is 0.927 bits per heavy atom. The highest BCUT2D eigenvalue weighted by Crippen LogP contribution is 2.41. The summed E-state index contributed by atoms with van der Waals surface area (Å²) < 4.78 is 10.2. The maximum absolute atomic E-state index is 13.7. The van der Waals surface area contributed by atoms with Crippen molar-refractivity contribution in [2.24, 2.45) is 0 Å². The van der Waals surface area contributed by atoms with Crippen LogP contribution in [0, 0.1) is 11.3 Å². The lowest BCUT2D eigenvalue weighted by atomic mass is 9.82. The number of rotatable bonds is 9. The van der Waals surface area contributed by atoms with Gasteiger partial charge in [0, 0.05) is 11.3 Å². The van der Waals surface area contributed by atoms with Crippen molar-refractivity contribution in [1.29, 1.82) is 5.26 Å². The molecule has 208 valence electrons. The molecule has 0 aliphatic carbocycles. The molecule has 3 N–H and O–H groups in total. The van der Waals surface area contributed by atoms with Crippen LogP contribution in [-0.4, -0.2) is 37.8 Å². The van der Waals surface area contributed by atoms with Gasteiger partial charge in [-0.15, -0.1) is 0 Å². The lowest BCUT2D eigenvalue weighted by Crippen LogP contribution is -2.31. The van der Waals surface area contributed by atoms with Crippen LogP contribution in [0.3, 0.4) is 0 Å². The number of methoxy groups -OCH3 is 2. The standard InChI is InChI=1S/C31H28N4O5S/c1-19-27(29(37)35-24-15-9-10-16-25(24)39-2)28(20-11-5-4-6-12-20)22(17-32)30(33-19)41-18-26(36)34-23-14-8-7-13-21(23)31(38)40-3/h4-16,28,33H,18H2,1-3H3,(H,34,36)(H,35,37)/t28-/m1/s1. The van der Waals surface area contributed by atoms with E-state index in [0.29, 0.717) is 39.0 Å². The third-order valence-corrected chi connectivity index (χ3v) is 7.35. The molecule has 4 rings (SSSR count). The molecule has 1 aliphatic rings. The fourth-order valence-corrected chi connectivity index (χ4v) is 5.34. The number of carbonyl (C=O) groups is 3. The van der Waals surface area contributed by atoms with Crippen LogP contribution >= 0.6 is 11.8 Å². The minimum Gasteiger partial charge on any atom is -0.495 e. The van der Waals surface area contributed by atoms with Crippen molar-refractivity contribution in [3.05, 3.63) is 112 Å². The fourth-order valence-electron chi connectivity index (χ4n) is 4.45. The maximum atomic E-state index is 13.7. The average Bonchev–Trinajstić information content (AvgIpc) is 3.00. The van der Waals surface area contributed by atoms with E-state index in [4.69, 9.17) is 9.47 Å². The lowest BCUT2D eigenvalue weighted by Gasteiger charge is -2.30. The van der Waals surface area contributed by atoms with Gasteiger partial charge in [-0.2, -0.15) is 5.26 Å². The SMILES string of the molecule is COC(=O)c1ccccc1NC(=O)CSC1=C(C#N)[C@@H](c2ccccc2)C(C(=O)Nc2ccccc2OC)=C(C)N1. The zero-order valence-electron chi connectivity index (χ0n) is 22.7. The van der Waals surface area contributed by atoms with Crippen molar-refractivity contribution in [2.45, 2.75) is 12.8 Å². The topological polar surface area (TPSA) is 130 Å². The molecule has 1 aliphatic heterocycles. The summed E-state index contributed by atoms with van der Waals surface area (Å²) in [5.74, 6) is -1.56. The van der Waals surface area contributed by atoms with Gasteiger partial charge in [-0.25, -0.2) is 4.79 Å². The number of benzene rings is 3. The number of allylic oxidation sites excluding steroid dienone is 2. The van der Waals surface area contributed by atoms with Crippen molar-refractivity contribution in [1.82, 2.24) is 5.32 Å². The molecule has 0 spiro atoms. The Morgan fingerprint density at radius 3 is 2.27 bits per heavy atom. The molecule has 0 unspecified atom stereocenters. The number of nitrogens with one attached hydrogen (secondary N) is 3. The molecule has 0 bridgehead atoms. The summed E-state index contributed by atoms with van der Waals surface area (Å²) in [4.78, 5) is 38.6. The number of thioether (sulfide) groups is 1. The van der Waals surface area contributed by atoms with Crippen LogP contribution in [0.2, 0.25) is 0 Å². The van der Waals surface area contributed by atoms with Crippen LogP contribution in [0.5, 0.6) is 5.75 Å². The molecule has 10 heteroatoms. The molecule has 9 nitrogen and oxygen atoms in total. The minimum absolute atomic E-state index is 0.0550. The third kappa shape index (κ3) is 6.59. The average molecular weight is 569 g/mol. The van der Waals surface area contributed by atoms with Gasteiger partial charge in [0.15, 0.2) is 0 Å². The second kappa shape index (κ2) is 13.4. The Kier molecular flexibility index (Phi) is 9.45. The van der Waals surface area contributed by atoms with E-state index in [0.717, 1.165) is 17.3 Å². The van der Waals surface area contributed by atoms with Crippen molar-refractivity contribution in [3.63, 3.8) is 0 Å². The Labute approximate surface area is 242 Å². The van der Waals surface area contributed by atoms with Gasteiger partial charge < -0.3 is 25.4 Å². The molecule has 41 heavy (non-hydrogen) atoms. The van der Waals surface area contributed by atoms with E-state index in [9.17, 15) is 19.6 Å². The molecular formula is C31H28N4O5S. The summed E-state index contributed by atoms with van der Waals surface area (Å²) in [5.41, 5.74) is 3.03. The molecular weight excluding hydrogens is 540 g/mol. The van der Waals surface area contributed by atoms with Gasteiger partial charge in [-0.3, -0.25) is 9.59 Å². The molecule has 1 atom stereocenters. The number of dihydropyridines is 1. The predicted molar refractivity (Wildman–Crippen MR) is 158 cm³/mol. The van der Waals surface area contributed by atoms with Crippen LogP contribution < -0.4 is 20.7 Å². The highest BCUT2D eigenvalue weighted by atomic mass is 32.2. The number of anilines is 2. The first-order valence-corrected chi connectivity index (χ1v) is 13.6. The summed E-state index contributed by atoms with van der Waals surface area (Å²) in [6.45, 7) is 1.76. The van der Waals surface area contributed by atoms with Crippen molar-refractivity contribution in [3.8, 4) is 11.8 Å². The summed E-state index contributed by atoms with van der Waals surface area (Å²) in [5, 5.41) is 19.6. The van der Waals surface area contributed by atoms with Gasteiger partial charge in [0.1, 0.15) is 5.75 Å². The van der Waals surface area contributed by atoms with E-state index < -0.39 is 11.9 Å². The summed E-state index contributed by atoms with van der Waals surface area (Å²) in [7, 11) is 2.79. The monoisotopic (exact) mass is 568 g/mol. The first kappa shape index (κ1) is 29.0. The molecule has 0 radical (unpaired) electrons. The van der Waals surface area contributed by atoms with Crippen LogP contribution in [0.4, 0.5) is 11.4 Å². The van der Waals surface area contributed by atoms with Crippen molar-refractivity contribution in [2.75, 3.05) is 30.6 Å². The largest absolute Gasteiger partial charge is 0.495 e. The molecule has 0 saturated heterocycles. The smallest absolute Gasteiger partial charge is 0.339 e. The molecule has 0 fully saturated rings. The van der Waals surface area contributed by atoms with Gasteiger partial charge >= 0.3 is 5.97 Å². The van der Waals surface area contributed by atoms with Crippen molar-refractivity contribution < 1.29 is 23.9 Å². The Balaban J connectivity index is 1.61. The van der Waals surface area contributed by atoms with Gasteiger partial charge in [-0.1, -0.05) is 66.4 Å². The van der Waals surface area contributed by atoms with E-state index in [-0.39, 0.29) is 23.1 Å². The summed E-state index contributed by atoms with van der Waals surface area (Å²) >= 11 is 1.14. The number of ether oxygens (including phenoxy) is 2. The molecule has 3 aromatic carbocycles. The molecule has 0 aromatic heterocycles. The number of hydrogen-bond acceptors (Lipinski definition) is 8. The summed E-state index contributed by atoms with van der Waals surface area (Å²) in [6, 6.07) is 25.1. The number of nitrogens with zero attached hydrogens (tertiary/aromatic N) is 1. The van der Waals surface area contributed by atoms with E-state index in [1.54, 1.807) is 55.5 Å². The lowest BCUT2D eigenvalue weighted by molar-refractivity contribution is -0.114. The normalized spacial score (nSPS) is 14.4. The van der Waals surface area contributed by atoms with Crippen molar-refractivity contribution >= 4 is 40.9 Å². The molecule has 2 amide bonds. The number of carbonyl (C=O) groups excluding carboxylic acids is 3. The van der Waals surface area contributed by atoms with E-state index in [1.165, 1.54) is 14.2 Å². The molecule has 0 saturated carbocycles. The van der Waals surface area contributed by atoms with Gasteiger partial charge in [-0.05, 0) is 36.8 Å². The fraction of sp³-hybridized carbons (Fsp3) is 0.161. The highest BCUT2D eigenvalue weighted by molar-refractivity contribution is 8.03. The number of esters is 1. The van der Waals surface area contributed by atoms with Crippen LogP contribution in [0.25, 0.3) is 0 Å². The van der Waals surface area contributed by atoms with Gasteiger partial charge in [0.25, 0.3) is 5.91 Å². The Hall–Kier alpha value is -5.01. The van der Waals surface area contributed by atoms with Crippen LogP contribution in [0.15, 0.2) is 101 Å². The van der Waals surface area contributed by atoms with E-state index >= 15 is 0 Å². The highest BCUT2D eigenvalue weighted by Gasteiger charge is 2.35. The second-order valence-electron chi connectivity index (χ2n) is 8.89. The molecule has 3 aromatic rings. The maximum Gasteiger partial charge on any atom is 0.339 e. The zero-order chi connectivity index (χ0) is 29.4. The Bertz CT molecular complexity index is 1580. The second-order valence-corrected chi connectivity index (χ2v) is 9.88. The van der Waals surface area contributed by atoms with Crippen LogP contribution in [-0.2, 0) is 14.3 Å². The molecule has 1 heterocycles.